The van der Waals surface area contributed by atoms with Crippen LogP contribution in [0, 0.1) is 10.1 Å². The molecular formula is C17H9F3N2O4. The van der Waals surface area contributed by atoms with E-state index in [0.29, 0.717) is 17.7 Å². The Kier molecular flexibility index (Phi) is 4.07. The molecule has 0 heterocycles. The maximum atomic E-state index is 12.8. The Morgan fingerprint density at radius 3 is 2.27 bits per heavy atom. The number of carbonyl (C=O) groups is 2. The Bertz CT molecular complexity index is 980. The van der Waals surface area contributed by atoms with Gasteiger partial charge in [-0.3, -0.25) is 19.7 Å². The summed E-state index contributed by atoms with van der Waals surface area (Å²) in [6.07, 6.45) is -3.77. The van der Waals surface area contributed by atoms with E-state index in [2.05, 4.69) is 5.32 Å². The highest BCUT2D eigenvalue weighted by Crippen LogP contribution is 2.36. The third-order valence-corrected chi connectivity index (χ3v) is 3.75. The SMILES string of the molecule is O=C1C=C(Nc2ccc(C(F)(F)F)cc2[N+](=O)[O-])c2ccccc2C1=O. The molecule has 0 saturated heterocycles. The lowest BCUT2D eigenvalue weighted by molar-refractivity contribution is -0.384. The van der Waals surface area contributed by atoms with Crippen LogP contribution in [0.4, 0.5) is 24.5 Å². The van der Waals surface area contributed by atoms with Crippen molar-refractivity contribution < 1.29 is 27.7 Å². The lowest BCUT2D eigenvalue weighted by Crippen LogP contribution is -2.21. The predicted octanol–water partition coefficient (Wildman–Crippen LogP) is 3.83. The number of ketones is 2. The summed E-state index contributed by atoms with van der Waals surface area (Å²) in [5.74, 6) is -1.56. The van der Waals surface area contributed by atoms with Gasteiger partial charge in [0.2, 0.25) is 11.6 Å². The van der Waals surface area contributed by atoms with E-state index in [9.17, 15) is 32.9 Å². The van der Waals surface area contributed by atoms with E-state index < -0.39 is 33.9 Å². The first-order chi connectivity index (χ1) is 12.2. The van der Waals surface area contributed by atoms with E-state index in [-0.39, 0.29) is 16.9 Å². The molecule has 2 aromatic rings. The largest absolute Gasteiger partial charge is 0.416 e. The Balaban J connectivity index is 2.07. The molecule has 132 valence electrons. The van der Waals surface area contributed by atoms with Crippen molar-refractivity contribution in [2.24, 2.45) is 0 Å². The summed E-state index contributed by atoms with van der Waals surface area (Å²) in [5.41, 5.74) is -1.68. The van der Waals surface area contributed by atoms with Crippen LogP contribution in [0.1, 0.15) is 21.5 Å². The molecule has 3 rings (SSSR count). The third kappa shape index (κ3) is 3.06. The van der Waals surface area contributed by atoms with Gasteiger partial charge in [-0.05, 0) is 12.1 Å². The van der Waals surface area contributed by atoms with E-state index >= 15 is 0 Å². The Morgan fingerprint density at radius 2 is 1.65 bits per heavy atom. The van der Waals surface area contributed by atoms with E-state index in [1.165, 1.54) is 12.1 Å². The van der Waals surface area contributed by atoms with Gasteiger partial charge in [-0.1, -0.05) is 24.3 Å². The summed E-state index contributed by atoms with van der Waals surface area (Å²) in [6.45, 7) is 0. The van der Waals surface area contributed by atoms with E-state index in [1.54, 1.807) is 12.1 Å². The standard InChI is InChI=1S/C17H9F3N2O4/c18-17(19,20)9-5-6-12(14(7-9)22(25)26)21-13-8-15(23)16(24)11-4-2-1-3-10(11)13/h1-8,21H. The van der Waals surface area contributed by atoms with Gasteiger partial charge in [0.15, 0.2) is 0 Å². The molecule has 0 amide bonds. The predicted molar refractivity (Wildman–Crippen MR) is 85.5 cm³/mol. The monoisotopic (exact) mass is 362 g/mol. The molecule has 26 heavy (non-hydrogen) atoms. The van der Waals surface area contributed by atoms with Crippen LogP contribution >= 0.6 is 0 Å². The van der Waals surface area contributed by atoms with Gasteiger partial charge in [-0.25, -0.2) is 0 Å². The highest BCUT2D eigenvalue weighted by atomic mass is 19.4. The van der Waals surface area contributed by atoms with Crippen LogP contribution in [0.25, 0.3) is 5.70 Å². The number of rotatable bonds is 3. The first kappa shape index (κ1) is 17.3. The van der Waals surface area contributed by atoms with Gasteiger partial charge in [-0.2, -0.15) is 13.2 Å². The molecule has 0 atom stereocenters. The maximum absolute atomic E-state index is 12.8. The molecule has 1 aliphatic carbocycles. The molecule has 0 saturated carbocycles. The van der Waals surface area contributed by atoms with Gasteiger partial charge in [0.1, 0.15) is 5.69 Å². The average Bonchev–Trinajstić information content (AvgIpc) is 2.58. The van der Waals surface area contributed by atoms with Crippen molar-refractivity contribution in [3.05, 3.63) is 75.3 Å². The quantitative estimate of drug-likeness (QED) is 0.509. The second kappa shape index (κ2) is 6.10. The Labute approximate surface area is 144 Å². The summed E-state index contributed by atoms with van der Waals surface area (Å²) in [4.78, 5) is 33.9. The lowest BCUT2D eigenvalue weighted by atomic mass is 9.92. The van der Waals surface area contributed by atoms with E-state index in [0.717, 1.165) is 12.1 Å². The van der Waals surface area contributed by atoms with E-state index in [1.807, 2.05) is 0 Å². The van der Waals surface area contributed by atoms with Gasteiger partial charge in [-0.15, -0.1) is 0 Å². The third-order valence-electron chi connectivity index (χ3n) is 3.75. The van der Waals surface area contributed by atoms with Crippen molar-refractivity contribution in [2.45, 2.75) is 6.18 Å². The van der Waals surface area contributed by atoms with Crippen LogP contribution in [0.2, 0.25) is 0 Å². The molecule has 0 fully saturated rings. The number of nitro groups is 1. The minimum absolute atomic E-state index is 0.0908. The van der Waals surface area contributed by atoms with Crippen LogP contribution in [0.3, 0.4) is 0 Å². The number of anilines is 1. The number of halogens is 3. The highest BCUT2D eigenvalue weighted by molar-refractivity contribution is 6.50. The number of carbonyl (C=O) groups excluding carboxylic acids is 2. The topological polar surface area (TPSA) is 89.3 Å². The molecule has 6 nitrogen and oxygen atoms in total. The summed E-state index contributed by atoms with van der Waals surface area (Å²) >= 11 is 0. The van der Waals surface area contributed by atoms with E-state index in [4.69, 9.17) is 0 Å². The van der Waals surface area contributed by atoms with Gasteiger partial charge in [0.25, 0.3) is 5.69 Å². The fourth-order valence-electron chi connectivity index (χ4n) is 2.54. The molecule has 0 radical (unpaired) electrons. The Hall–Kier alpha value is -3.49. The number of fused-ring (bicyclic) bond motifs is 1. The zero-order valence-corrected chi connectivity index (χ0v) is 12.8. The summed E-state index contributed by atoms with van der Waals surface area (Å²) < 4.78 is 38.3. The zero-order valence-electron chi connectivity index (χ0n) is 12.8. The van der Waals surface area contributed by atoms with Crippen LogP contribution in [0.5, 0.6) is 0 Å². The first-order valence-electron chi connectivity index (χ1n) is 7.21. The molecule has 0 unspecified atom stereocenters. The fraction of sp³-hybridized carbons (Fsp3) is 0.0588. The zero-order chi connectivity index (χ0) is 19.1. The van der Waals surface area contributed by atoms with Crippen LogP contribution in [-0.4, -0.2) is 16.5 Å². The van der Waals surface area contributed by atoms with Crippen molar-refractivity contribution in [3.8, 4) is 0 Å². The molecule has 0 aromatic heterocycles. The van der Waals surface area contributed by atoms with Gasteiger partial charge < -0.3 is 5.32 Å². The summed E-state index contributed by atoms with van der Waals surface area (Å²) in [6, 6.07) is 8.10. The second-order valence-electron chi connectivity index (χ2n) is 5.41. The van der Waals surface area contributed by atoms with Crippen molar-refractivity contribution >= 4 is 28.6 Å². The molecule has 1 N–H and O–H groups in total. The molecule has 0 spiro atoms. The van der Waals surface area contributed by atoms with Crippen LogP contribution in [0.15, 0.2) is 48.5 Å². The minimum atomic E-state index is -4.73. The number of hydrogen-bond acceptors (Lipinski definition) is 5. The van der Waals surface area contributed by atoms with Crippen LogP contribution in [-0.2, 0) is 11.0 Å². The van der Waals surface area contributed by atoms with Crippen molar-refractivity contribution in [2.75, 3.05) is 5.32 Å². The number of hydrogen-bond donors (Lipinski definition) is 1. The molecule has 0 aliphatic heterocycles. The van der Waals surface area contributed by atoms with Crippen molar-refractivity contribution in [1.82, 2.24) is 0 Å². The number of nitro benzene ring substituents is 1. The number of benzene rings is 2. The average molecular weight is 362 g/mol. The van der Waals surface area contributed by atoms with Gasteiger partial charge in [0, 0.05) is 23.3 Å². The second-order valence-corrected chi connectivity index (χ2v) is 5.41. The van der Waals surface area contributed by atoms with Gasteiger partial charge >= 0.3 is 6.18 Å². The number of nitrogens with zero attached hydrogens (tertiary/aromatic N) is 1. The maximum Gasteiger partial charge on any atom is 0.416 e. The fourth-order valence-corrected chi connectivity index (χ4v) is 2.54. The molecule has 0 bridgehead atoms. The van der Waals surface area contributed by atoms with Gasteiger partial charge in [0.05, 0.1) is 16.2 Å². The number of nitrogens with one attached hydrogen (secondary N) is 1. The lowest BCUT2D eigenvalue weighted by Gasteiger charge is -2.18. The number of Topliss-reactive ketones (excluding diaryl/α,β-unsaturated/α-hetero) is 1. The first-order valence-corrected chi connectivity index (χ1v) is 7.21. The molecule has 9 heteroatoms. The summed E-state index contributed by atoms with van der Waals surface area (Å²) in [5, 5.41) is 13.8. The molecular weight excluding hydrogens is 353 g/mol. The van der Waals surface area contributed by atoms with Crippen molar-refractivity contribution in [1.29, 1.82) is 0 Å². The van der Waals surface area contributed by atoms with Crippen molar-refractivity contribution in [3.63, 3.8) is 0 Å². The minimum Gasteiger partial charge on any atom is -0.349 e. The van der Waals surface area contributed by atoms with Crippen LogP contribution < -0.4 is 5.32 Å². The Morgan fingerprint density at radius 1 is 1.00 bits per heavy atom. The molecule has 1 aliphatic rings. The number of alkyl halides is 3. The normalized spacial score (nSPS) is 13.9. The summed E-state index contributed by atoms with van der Waals surface area (Å²) in [7, 11) is 0. The number of allylic oxidation sites excluding steroid dienone is 1. The molecule has 2 aromatic carbocycles. The smallest absolute Gasteiger partial charge is 0.349 e. The highest BCUT2D eigenvalue weighted by Gasteiger charge is 2.33.